The minimum Gasteiger partial charge on any atom is -0.310 e. The molecule has 10 rings (SSSR count). The Hall–Kier alpha value is -6.96. The summed E-state index contributed by atoms with van der Waals surface area (Å²) in [6, 6.07) is 77.2. The summed E-state index contributed by atoms with van der Waals surface area (Å²) in [5, 5.41) is 10.2. The molecule has 1 nitrogen and oxygen atoms in total. The highest BCUT2D eigenvalue weighted by molar-refractivity contribution is 6.20. The van der Waals surface area contributed by atoms with Crippen LogP contribution in [0.1, 0.15) is 0 Å². The van der Waals surface area contributed by atoms with Gasteiger partial charge >= 0.3 is 0 Å². The number of benzene rings is 10. The van der Waals surface area contributed by atoms with E-state index in [0.29, 0.717) is 0 Å². The molecule has 0 radical (unpaired) electrons. The Morgan fingerprint density at radius 3 is 1.60 bits per heavy atom. The van der Waals surface area contributed by atoms with Crippen LogP contribution in [-0.2, 0) is 0 Å². The Balaban J connectivity index is 1.08. The van der Waals surface area contributed by atoms with Gasteiger partial charge in [0.25, 0.3) is 0 Å². The van der Waals surface area contributed by atoms with Crippen molar-refractivity contribution in [3.8, 4) is 33.4 Å². The molecule has 0 fully saturated rings. The fourth-order valence-corrected chi connectivity index (χ4v) is 7.98. The van der Waals surface area contributed by atoms with Crippen molar-refractivity contribution in [2.45, 2.75) is 0 Å². The van der Waals surface area contributed by atoms with Crippen molar-refractivity contribution in [3.63, 3.8) is 0 Å². The SMILES string of the molecule is c1ccc(-c2cccc(N(c3ccc(-c4ccc5ccccc5c4)cc3)c3ccc(-c4cccc5ccc6c7ccccc7ccc6c45)cc3)c2)cc1. The van der Waals surface area contributed by atoms with Crippen LogP contribution in [0.3, 0.4) is 0 Å². The van der Waals surface area contributed by atoms with Gasteiger partial charge in [-0.2, -0.15) is 0 Å². The summed E-state index contributed by atoms with van der Waals surface area (Å²) in [4.78, 5) is 2.37. The Morgan fingerprint density at radius 1 is 0.245 bits per heavy atom. The molecule has 0 aromatic heterocycles. The molecule has 0 atom stereocenters. The van der Waals surface area contributed by atoms with Crippen LogP contribution in [0.2, 0.25) is 0 Å². The number of nitrogens with zero attached hydrogens (tertiary/aromatic N) is 1. The lowest BCUT2D eigenvalue weighted by atomic mass is 9.91. The maximum Gasteiger partial charge on any atom is 0.0467 e. The molecule has 0 spiro atoms. The summed E-state index contributed by atoms with van der Waals surface area (Å²) in [6.45, 7) is 0. The maximum absolute atomic E-state index is 2.37. The zero-order valence-corrected chi connectivity index (χ0v) is 29.2. The predicted molar refractivity (Wildman–Crippen MR) is 227 cm³/mol. The molecule has 1 heteroatoms. The smallest absolute Gasteiger partial charge is 0.0467 e. The molecule has 0 amide bonds. The van der Waals surface area contributed by atoms with Gasteiger partial charge in [-0.3, -0.25) is 0 Å². The lowest BCUT2D eigenvalue weighted by Crippen LogP contribution is -2.10. The van der Waals surface area contributed by atoms with Gasteiger partial charge < -0.3 is 4.90 Å². The van der Waals surface area contributed by atoms with Crippen molar-refractivity contribution in [3.05, 3.63) is 212 Å². The fourth-order valence-electron chi connectivity index (χ4n) is 7.98. The lowest BCUT2D eigenvalue weighted by Gasteiger charge is -2.26. The lowest BCUT2D eigenvalue weighted by molar-refractivity contribution is 1.28. The summed E-state index contributed by atoms with van der Waals surface area (Å²) in [5.74, 6) is 0. The van der Waals surface area contributed by atoms with Crippen molar-refractivity contribution >= 4 is 60.2 Å². The minimum atomic E-state index is 1.11. The van der Waals surface area contributed by atoms with E-state index < -0.39 is 0 Å². The number of hydrogen-bond donors (Lipinski definition) is 0. The van der Waals surface area contributed by atoms with Gasteiger partial charge in [0.1, 0.15) is 0 Å². The number of hydrogen-bond acceptors (Lipinski definition) is 1. The third kappa shape index (κ3) is 5.60. The Morgan fingerprint density at radius 2 is 0.792 bits per heavy atom. The topological polar surface area (TPSA) is 3.24 Å². The molecule has 10 aromatic carbocycles. The molecule has 0 heterocycles. The molecule has 0 bridgehead atoms. The molecule has 0 aliphatic carbocycles. The summed E-state index contributed by atoms with van der Waals surface area (Å²) in [7, 11) is 0. The second kappa shape index (κ2) is 13.0. The second-order valence-corrected chi connectivity index (χ2v) is 13.8. The molecule has 248 valence electrons. The highest BCUT2D eigenvalue weighted by Gasteiger charge is 2.16. The maximum atomic E-state index is 2.37. The molecule has 0 saturated carbocycles. The third-order valence-corrected chi connectivity index (χ3v) is 10.6. The van der Waals surface area contributed by atoms with Gasteiger partial charge in [-0.1, -0.05) is 170 Å². The molecule has 0 unspecified atom stereocenters. The first kappa shape index (κ1) is 30.8. The van der Waals surface area contributed by atoms with Crippen LogP contribution in [0.15, 0.2) is 212 Å². The summed E-state index contributed by atoms with van der Waals surface area (Å²) < 4.78 is 0. The van der Waals surface area contributed by atoms with E-state index >= 15 is 0 Å². The first-order valence-corrected chi connectivity index (χ1v) is 18.3. The highest BCUT2D eigenvalue weighted by atomic mass is 15.1. The zero-order valence-electron chi connectivity index (χ0n) is 29.2. The molecule has 0 aliphatic heterocycles. The van der Waals surface area contributed by atoms with E-state index in [1.807, 2.05) is 0 Å². The summed E-state index contributed by atoms with van der Waals surface area (Å²) in [5.41, 5.74) is 10.6. The van der Waals surface area contributed by atoms with Gasteiger partial charge in [-0.25, -0.2) is 0 Å². The highest BCUT2D eigenvalue weighted by Crippen LogP contribution is 2.41. The summed E-state index contributed by atoms with van der Waals surface area (Å²) in [6.07, 6.45) is 0. The van der Waals surface area contributed by atoms with E-state index in [2.05, 4.69) is 217 Å². The van der Waals surface area contributed by atoms with Gasteiger partial charge in [0, 0.05) is 17.1 Å². The number of anilines is 3. The Kier molecular flexibility index (Phi) is 7.55. The van der Waals surface area contributed by atoms with E-state index in [0.717, 1.165) is 17.1 Å². The minimum absolute atomic E-state index is 1.11. The van der Waals surface area contributed by atoms with Gasteiger partial charge in [0.05, 0.1) is 0 Å². The predicted octanol–water partition coefficient (Wildman–Crippen LogP) is 14.8. The van der Waals surface area contributed by atoms with Gasteiger partial charge in [0.2, 0.25) is 0 Å². The zero-order chi connectivity index (χ0) is 35.1. The number of fused-ring (bicyclic) bond motifs is 6. The Labute approximate surface area is 309 Å². The van der Waals surface area contributed by atoms with E-state index in [1.54, 1.807) is 0 Å². The van der Waals surface area contributed by atoms with Crippen molar-refractivity contribution in [2.24, 2.45) is 0 Å². The van der Waals surface area contributed by atoms with Crippen LogP contribution in [0.25, 0.3) is 76.5 Å². The molecule has 10 aromatic rings. The quantitative estimate of drug-likeness (QED) is 0.159. The van der Waals surface area contributed by atoms with Gasteiger partial charge in [-0.05, 0) is 119 Å². The van der Waals surface area contributed by atoms with Crippen LogP contribution in [-0.4, -0.2) is 0 Å². The standard InChI is InChI=1S/C52H35N/c1-2-10-36(11-3-1)43-16-8-17-47(35-43)53(45-28-22-38(23-29-45)44-21-20-37-12-4-5-14-42(37)34-44)46-30-24-40(25-31-46)49-19-9-15-41-27-32-50-48-18-7-6-13-39(48)26-33-51(50)52(41)49/h1-35H. The van der Waals surface area contributed by atoms with E-state index in [4.69, 9.17) is 0 Å². The fraction of sp³-hybridized carbons (Fsp3) is 0. The second-order valence-electron chi connectivity index (χ2n) is 13.8. The molecule has 53 heavy (non-hydrogen) atoms. The van der Waals surface area contributed by atoms with Crippen molar-refractivity contribution < 1.29 is 0 Å². The molecule has 0 aliphatic rings. The van der Waals surface area contributed by atoms with E-state index in [1.165, 1.54) is 76.5 Å². The normalized spacial score (nSPS) is 11.4. The van der Waals surface area contributed by atoms with Crippen LogP contribution in [0.4, 0.5) is 17.1 Å². The van der Waals surface area contributed by atoms with Crippen molar-refractivity contribution in [1.29, 1.82) is 0 Å². The molecular formula is C52H35N. The molecular weight excluding hydrogens is 639 g/mol. The molecule has 0 saturated heterocycles. The van der Waals surface area contributed by atoms with Crippen LogP contribution >= 0.6 is 0 Å². The summed E-state index contributed by atoms with van der Waals surface area (Å²) >= 11 is 0. The van der Waals surface area contributed by atoms with Crippen LogP contribution < -0.4 is 4.90 Å². The van der Waals surface area contributed by atoms with Gasteiger partial charge in [0.15, 0.2) is 0 Å². The number of rotatable bonds is 6. The van der Waals surface area contributed by atoms with E-state index in [-0.39, 0.29) is 0 Å². The molecule has 0 N–H and O–H groups in total. The van der Waals surface area contributed by atoms with E-state index in [9.17, 15) is 0 Å². The van der Waals surface area contributed by atoms with Crippen molar-refractivity contribution in [1.82, 2.24) is 0 Å². The largest absolute Gasteiger partial charge is 0.310 e. The average Bonchev–Trinajstić information content (AvgIpc) is 3.24. The Bertz CT molecular complexity index is 2920. The first-order valence-electron chi connectivity index (χ1n) is 18.3. The van der Waals surface area contributed by atoms with Crippen LogP contribution in [0, 0.1) is 0 Å². The monoisotopic (exact) mass is 673 g/mol. The third-order valence-electron chi connectivity index (χ3n) is 10.6. The first-order chi connectivity index (χ1) is 26.3. The van der Waals surface area contributed by atoms with Gasteiger partial charge in [-0.15, -0.1) is 0 Å². The van der Waals surface area contributed by atoms with Crippen molar-refractivity contribution in [2.75, 3.05) is 4.90 Å². The van der Waals surface area contributed by atoms with Crippen LogP contribution in [0.5, 0.6) is 0 Å². The average molecular weight is 674 g/mol.